The first kappa shape index (κ1) is 15.3. The van der Waals surface area contributed by atoms with Crippen molar-refractivity contribution in [3.63, 3.8) is 0 Å². The fraction of sp³-hybridized carbons (Fsp3) is 0.769. The first-order valence-electron chi connectivity index (χ1n) is 6.83. The summed E-state index contributed by atoms with van der Waals surface area (Å²) < 4.78 is 11.1. The molecule has 7 heteroatoms. The fourth-order valence-electron chi connectivity index (χ4n) is 2.20. The van der Waals surface area contributed by atoms with E-state index in [0.29, 0.717) is 5.95 Å². The van der Waals surface area contributed by atoms with Gasteiger partial charge in [0.25, 0.3) is 0 Å². The lowest BCUT2D eigenvalue weighted by Crippen LogP contribution is -2.40. The summed E-state index contributed by atoms with van der Waals surface area (Å²) in [7, 11) is 0. The molecule has 1 fully saturated rings. The number of hydrogen-bond donors (Lipinski definition) is 1. The highest BCUT2D eigenvalue weighted by Crippen LogP contribution is 2.26. The Bertz CT molecular complexity index is 468. The van der Waals surface area contributed by atoms with Gasteiger partial charge in [0.1, 0.15) is 0 Å². The number of aromatic nitrogens is 3. The minimum absolute atomic E-state index is 0.0108. The Labute approximate surface area is 124 Å². The van der Waals surface area contributed by atoms with E-state index in [1.165, 1.54) is 0 Å². The topological polar surface area (TPSA) is 69.2 Å². The molecule has 0 amide bonds. The van der Waals surface area contributed by atoms with Crippen molar-refractivity contribution in [1.82, 2.24) is 15.0 Å². The zero-order chi connectivity index (χ0) is 14.8. The Morgan fingerprint density at radius 1 is 1.35 bits per heavy atom. The zero-order valence-electron chi connectivity index (χ0n) is 12.3. The summed E-state index contributed by atoms with van der Waals surface area (Å²) in [6, 6.07) is 0.498. The summed E-state index contributed by atoms with van der Waals surface area (Å²) in [6.07, 6.45) is 1.78. The van der Waals surface area contributed by atoms with Crippen LogP contribution in [0.25, 0.3) is 0 Å². The van der Waals surface area contributed by atoms with Gasteiger partial charge in [0.2, 0.25) is 11.2 Å². The summed E-state index contributed by atoms with van der Waals surface area (Å²) in [5, 5.41) is 3.41. The van der Waals surface area contributed by atoms with Crippen LogP contribution in [-0.4, -0.2) is 39.3 Å². The average molecular weight is 301 g/mol. The van der Waals surface area contributed by atoms with Gasteiger partial charge < -0.3 is 14.8 Å². The van der Waals surface area contributed by atoms with Crippen LogP contribution in [-0.2, 0) is 4.74 Å². The van der Waals surface area contributed by atoms with Crippen LogP contribution < -0.4 is 10.1 Å². The number of anilines is 1. The highest BCUT2D eigenvalue weighted by molar-refractivity contribution is 6.28. The SMILES string of the molecule is CC(C)Oc1nc(Cl)nc(NC2CCOC(C)(C)C2)n1. The van der Waals surface area contributed by atoms with Gasteiger partial charge in [0.15, 0.2) is 0 Å². The first-order valence-corrected chi connectivity index (χ1v) is 7.20. The molecule has 0 aliphatic carbocycles. The van der Waals surface area contributed by atoms with Gasteiger partial charge in [0.05, 0.1) is 11.7 Å². The summed E-state index contributed by atoms with van der Waals surface area (Å²) in [4.78, 5) is 12.3. The smallest absolute Gasteiger partial charge is 0.322 e. The molecule has 0 saturated carbocycles. The predicted octanol–water partition coefficient (Wildman–Crippen LogP) is 2.68. The van der Waals surface area contributed by atoms with Crippen molar-refractivity contribution < 1.29 is 9.47 Å². The largest absolute Gasteiger partial charge is 0.461 e. The van der Waals surface area contributed by atoms with Crippen molar-refractivity contribution in [3.05, 3.63) is 5.28 Å². The van der Waals surface area contributed by atoms with Gasteiger partial charge in [-0.3, -0.25) is 0 Å². The molecule has 1 aliphatic heterocycles. The average Bonchev–Trinajstić information content (AvgIpc) is 2.25. The lowest BCUT2D eigenvalue weighted by Gasteiger charge is -2.35. The minimum atomic E-state index is -0.135. The molecule has 20 heavy (non-hydrogen) atoms. The van der Waals surface area contributed by atoms with E-state index >= 15 is 0 Å². The van der Waals surface area contributed by atoms with Gasteiger partial charge in [-0.25, -0.2) is 0 Å². The van der Waals surface area contributed by atoms with Crippen LogP contribution in [0.1, 0.15) is 40.5 Å². The highest BCUT2D eigenvalue weighted by atomic mass is 35.5. The summed E-state index contributed by atoms with van der Waals surface area (Å²) in [6.45, 7) is 8.69. The van der Waals surface area contributed by atoms with Crippen molar-refractivity contribution >= 4 is 17.5 Å². The molecule has 1 aromatic rings. The summed E-state index contributed by atoms with van der Waals surface area (Å²) in [5.74, 6) is 0.448. The molecule has 1 atom stereocenters. The van der Waals surface area contributed by atoms with Crippen LogP contribution in [0.2, 0.25) is 5.28 Å². The molecule has 1 aromatic heterocycles. The third-order valence-electron chi connectivity index (χ3n) is 2.96. The maximum absolute atomic E-state index is 5.90. The van der Waals surface area contributed by atoms with E-state index in [1.807, 2.05) is 13.8 Å². The van der Waals surface area contributed by atoms with Gasteiger partial charge in [-0.2, -0.15) is 15.0 Å². The van der Waals surface area contributed by atoms with Gasteiger partial charge in [-0.15, -0.1) is 0 Å². The van der Waals surface area contributed by atoms with Gasteiger partial charge in [-0.05, 0) is 52.1 Å². The predicted molar refractivity (Wildman–Crippen MR) is 77.3 cm³/mol. The van der Waals surface area contributed by atoms with Crippen molar-refractivity contribution in [2.75, 3.05) is 11.9 Å². The molecule has 0 radical (unpaired) electrons. The molecule has 1 N–H and O–H groups in total. The molecule has 6 nitrogen and oxygen atoms in total. The number of nitrogens with zero attached hydrogens (tertiary/aromatic N) is 3. The number of hydrogen-bond acceptors (Lipinski definition) is 6. The third kappa shape index (κ3) is 4.45. The van der Waals surface area contributed by atoms with Gasteiger partial charge in [0, 0.05) is 12.6 Å². The Kier molecular flexibility index (Phi) is 4.65. The van der Waals surface area contributed by atoms with E-state index in [1.54, 1.807) is 0 Å². The van der Waals surface area contributed by atoms with E-state index in [9.17, 15) is 0 Å². The van der Waals surface area contributed by atoms with E-state index in [2.05, 4.69) is 34.1 Å². The second kappa shape index (κ2) is 6.10. The monoisotopic (exact) mass is 300 g/mol. The van der Waals surface area contributed by atoms with E-state index in [-0.39, 0.29) is 29.0 Å². The second-order valence-corrected chi connectivity index (χ2v) is 6.16. The van der Waals surface area contributed by atoms with Gasteiger partial charge in [-0.1, -0.05) is 0 Å². The lowest BCUT2D eigenvalue weighted by molar-refractivity contribution is -0.0554. The molecular formula is C13H21ClN4O2. The highest BCUT2D eigenvalue weighted by Gasteiger charge is 2.29. The Morgan fingerprint density at radius 2 is 2.10 bits per heavy atom. The van der Waals surface area contributed by atoms with E-state index < -0.39 is 0 Å². The van der Waals surface area contributed by atoms with Crippen LogP contribution in [0.4, 0.5) is 5.95 Å². The molecule has 0 bridgehead atoms. The second-order valence-electron chi connectivity index (χ2n) is 5.82. The van der Waals surface area contributed by atoms with Crippen LogP contribution >= 0.6 is 11.6 Å². The fourth-order valence-corrected chi connectivity index (χ4v) is 2.35. The van der Waals surface area contributed by atoms with Gasteiger partial charge >= 0.3 is 6.01 Å². The van der Waals surface area contributed by atoms with E-state index in [4.69, 9.17) is 21.1 Å². The van der Waals surface area contributed by atoms with Crippen molar-refractivity contribution in [3.8, 4) is 6.01 Å². The van der Waals surface area contributed by atoms with E-state index in [0.717, 1.165) is 19.4 Å². The molecule has 2 rings (SSSR count). The lowest BCUT2D eigenvalue weighted by atomic mass is 9.94. The first-order chi connectivity index (χ1) is 9.34. The Morgan fingerprint density at radius 3 is 2.75 bits per heavy atom. The van der Waals surface area contributed by atoms with Crippen molar-refractivity contribution in [2.24, 2.45) is 0 Å². The molecular weight excluding hydrogens is 280 g/mol. The normalized spacial score (nSPS) is 21.8. The number of ether oxygens (including phenoxy) is 2. The van der Waals surface area contributed by atoms with Crippen molar-refractivity contribution in [2.45, 2.75) is 58.3 Å². The van der Waals surface area contributed by atoms with Crippen LogP contribution in [0.5, 0.6) is 6.01 Å². The standard InChI is InChI=1S/C13H21ClN4O2/c1-8(2)20-12-17-10(14)16-11(18-12)15-9-5-6-19-13(3,4)7-9/h8-9H,5-7H2,1-4H3,(H,15,16,17,18). The Hall–Kier alpha value is -1.14. The zero-order valence-corrected chi connectivity index (χ0v) is 13.1. The van der Waals surface area contributed by atoms with Crippen LogP contribution in [0, 0.1) is 0 Å². The van der Waals surface area contributed by atoms with Crippen LogP contribution in [0.3, 0.4) is 0 Å². The third-order valence-corrected chi connectivity index (χ3v) is 3.13. The van der Waals surface area contributed by atoms with Crippen molar-refractivity contribution in [1.29, 1.82) is 0 Å². The molecule has 2 heterocycles. The molecule has 0 aromatic carbocycles. The molecule has 112 valence electrons. The quantitative estimate of drug-likeness (QED) is 0.922. The number of halogens is 1. The molecule has 1 saturated heterocycles. The number of rotatable bonds is 4. The number of nitrogens with one attached hydrogen (secondary N) is 1. The molecule has 0 spiro atoms. The minimum Gasteiger partial charge on any atom is -0.461 e. The summed E-state index contributed by atoms with van der Waals surface area (Å²) >= 11 is 5.90. The maximum atomic E-state index is 5.90. The maximum Gasteiger partial charge on any atom is 0.322 e. The Balaban J connectivity index is 2.07. The summed E-state index contributed by atoms with van der Waals surface area (Å²) in [5.41, 5.74) is -0.135. The molecule has 1 aliphatic rings. The van der Waals surface area contributed by atoms with Crippen LogP contribution in [0.15, 0.2) is 0 Å². The molecule has 1 unspecified atom stereocenters.